The average molecular weight is 406 g/mol. The number of aliphatic hydroxyl groups is 1. The predicted molar refractivity (Wildman–Crippen MR) is 111 cm³/mol. The minimum absolute atomic E-state index is 0.149. The summed E-state index contributed by atoms with van der Waals surface area (Å²) in [6.07, 6.45) is 3.81. The lowest BCUT2D eigenvalue weighted by molar-refractivity contribution is -0.149. The van der Waals surface area contributed by atoms with Crippen LogP contribution in [0.3, 0.4) is 0 Å². The summed E-state index contributed by atoms with van der Waals surface area (Å²) in [4.78, 5) is 2.44. The van der Waals surface area contributed by atoms with E-state index in [4.69, 9.17) is 18.9 Å². The molecular weight excluding hydrogens is 370 g/mol. The first-order valence-electron chi connectivity index (χ1n) is 10.9. The maximum absolute atomic E-state index is 10.7. The third kappa shape index (κ3) is 5.05. The fourth-order valence-corrected chi connectivity index (χ4v) is 4.43. The molecule has 4 rings (SSSR count). The minimum atomic E-state index is -0.470. The SMILES string of the molecule is COc1cc2c(cc1OCCOC1CC1)CCN1CC(OC(C)(C)C)C(O)CC21. The molecule has 0 bridgehead atoms. The zero-order chi connectivity index (χ0) is 20.6. The van der Waals surface area contributed by atoms with E-state index >= 15 is 0 Å². The molecule has 1 aromatic carbocycles. The van der Waals surface area contributed by atoms with Crippen LogP contribution >= 0.6 is 0 Å². The molecule has 1 N–H and O–H groups in total. The molecule has 6 heteroatoms. The van der Waals surface area contributed by atoms with Crippen molar-refractivity contribution >= 4 is 0 Å². The molecule has 29 heavy (non-hydrogen) atoms. The van der Waals surface area contributed by atoms with E-state index in [0.717, 1.165) is 31.0 Å². The van der Waals surface area contributed by atoms with Crippen molar-refractivity contribution in [2.24, 2.45) is 0 Å². The van der Waals surface area contributed by atoms with Crippen LogP contribution < -0.4 is 9.47 Å². The number of hydrogen-bond donors (Lipinski definition) is 1. The molecule has 3 atom stereocenters. The zero-order valence-corrected chi connectivity index (χ0v) is 18.1. The molecule has 1 aromatic rings. The molecule has 1 saturated carbocycles. The Morgan fingerprint density at radius 3 is 2.62 bits per heavy atom. The second-order valence-corrected chi connectivity index (χ2v) is 9.45. The minimum Gasteiger partial charge on any atom is -0.493 e. The predicted octanol–water partition coefficient (Wildman–Crippen LogP) is 3.10. The summed E-state index contributed by atoms with van der Waals surface area (Å²) in [5.74, 6) is 1.53. The van der Waals surface area contributed by atoms with Crippen LogP contribution in [0.5, 0.6) is 11.5 Å². The Morgan fingerprint density at radius 1 is 1.14 bits per heavy atom. The van der Waals surface area contributed by atoms with Gasteiger partial charge in [0.25, 0.3) is 0 Å². The largest absolute Gasteiger partial charge is 0.493 e. The highest BCUT2D eigenvalue weighted by atomic mass is 16.5. The zero-order valence-electron chi connectivity index (χ0n) is 18.1. The van der Waals surface area contributed by atoms with Gasteiger partial charge in [0.15, 0.2) is 11.5 Å². The van der Waals surface area contributed by atoms with Gasteiger partial charge in [0.2, 0.25) is 0 Å². The van der Waals surface area contributed by atoms with Crippen LogP contribution in [0, 0.1) is 0 Å². The molecule has 2 fully saturated rings. The standard InChI is InChI=1S/C23H35NO5/c1-23(2,3)29-22-14-24-8-7-15-11-21(28-10-9-27-16-5-6-16)20(26-4)12-17(15)18(24)13-19(22)25/h11-12,16,18-19,22,25H,5-10,13-14H2,1-4H3. The average Bonchev–Trinajstić information content (AvgIpc) is 3.48. The number of piperidine rings is 1. The molecule has 162 valence electrons. The molecule has 0 amide bonds. The van der Waals surface area contributed by atoms with Crippen LogP contribution in [-0.4, -0.2) is 67.3 Å². The lowest BCUT2D eigenvalue weighted by atomic mass is 9.84. The van der Waals surface area contributed by atoms with Gasteiger partial charge >= 0.3 is 0 Å². The summed E-state index contributed by atoms with van der Waals surface area (Å²) in [5.41, 5.74) is 2.26. The van der Waals surface area contributed by atoms with E-state index in [2.05, 4.69) is 17.0 Å². The lowest BCUT2D eigenvalue weighted by Gasteiger charge is -2.46. The highest BCUT2D eigenvalue weighted by molar-refractivity contribution is 5.49. The second kappa shape index (κ2) is 8.42. The van der Waals surface area contributed by atoms with Crippen molar-refractivity contribution in [2.45, 2.75) is 76.4 Å². The van der Waals surface area contributed by atoms with Crippen molar-refractivity contribution in [3.05, 3.63) is 23.3 Å². The number of methoxy groups -OCH3 is 1. The fourth-order valence-electron chi connectivity index (χ4n) is 4.43. The van der Waals surface area contributed by atoms with E-state index in [1.165, 1.54) is 24.0 Å². The molecule has 2 aliphatic heterocycles. The Hall–Kier alpha value is -1.34. The van der Waals surface area contributed by atoms with E-state index in [1.807, 2.05) is 20.8 Å². The number of hydrogen-bond acceptors (Lipinski definition) is 6. The number of fused-ring (bicyclic) bond motifs is 3. The van der Waals surface area contributed by atoms with E-state index in [0.29, 0.717) is 25.7 Å². The Morgan fingerprint density at radius 2 is 1.93 bits per heavy atom. The smallest absolute Gasteiger partial charge is 0.161 e. The summed E-state index contributed by atoms with van der Waals surface area (Å²) in [7, 11) is 1.68. The van der Waals surface area contributed by atoms with E-state index < -0.39 is 6.10 Å². The van der Waals surface area contributed by atoms with Gasteiger partial charge in [-0.15, -0.1) is 0 Å². The van der Waals surface area contributed by atoms with Gasteiger partial charge in [-0.05, 0) is 69.7 Å². The Balaban J connectivity index is 1.46. The Labute approximate surface area is 174 Å². The van der Waals surface area contributed by atoms with Crippen LogP contribution in [0.1, 0.15) is 57.2 Å². The first-order valence-corrected chi connectivity index (χ1v) is 10.9. The third-order valence-electron chi connectivity index (χ3n) is 5.93. The monoisotopic (exact) mass is 405 g/mol. The van der Waals surface area contributed by atoms with Gasteiger partial charge in [-0.1, -0.05) is 0 Å². The summed E-state index contributed by atoms with van der Waals surface area (Å²) < 4.78 is 23.4. The fraction of sp³-hybridized carbons (Fsp3) is 0.739. The summed E-state index contributed by atoms with van der Waals surface area (Å²) in [6, 6.07) is 4.41. The molecule has 0 spiro atoms. The van der Waals surface area contributed by atoms with Crippen molar-refractivity contribution in [1.82, 2.24) is 4.90 Å². The number of aliphatic hydroxyl groups excluding tert-OH is 1. The normalized spacial score (nSPS) is 27.3. The van der Waals surface area contributed by atoms with Gasteiger partial charge in [0, 0.05) is 19.1 Å². The number of nitrogens with zero attached hydrogens (tertiary/aromatic N) is 1. The number of ether oxygens (including phenoxy) is 4. The second-order valence-electron chi connectivity index (χ2n) is 9.45. The van der Waals surface area contributed by atoms with Gasteiger partial charge in [-0.2, -0.15) is 0 Å². The van der Waals surface area contributed by atoms with Crippen molar-refractivity contribution in [2.75, 3.05) is 33.4 Å². The maximum atomic E-state index is 10.7. The lowest BCUT2D eigenvalue weighted by Crippen LogP contribution is -2.53. The van der Waals surface area contributed by atoms with Gasteiger partial charge < -0.3 is 24.1 Å². The van der Waals surface area contributed by atoms with E-state index in [9.17, 15) is 5.11 Å². The van der Waals surface area contributed by atoms with Crippen molar-refractivity contribution in [3.63, 3.8) is 0 Å². The first-order chi connectivity index (χ1) is 13.8. The van der Waals surface area contributed by atoms with Crippen LogP contribution in [-0.2, 0) is 15.9 Å². The number of rotatable bonds is 7. The van der Waals surface area contributed by atoms with Crippen molar-refractivity contribution in [1.29, 1.82) is 0 Å². The molecule has 1 aliphatic carbocycles. The van der Waals surface area contributed by atoms with E-state index in [1.54, 1.807) is 7.11 Å². The highest BCUT2D eigenvalue weighted by Crippen LogP contribution is 2.42. The molecule has 3 aliphatic rings. The quantitative estimate of drug-likeness (QED) is 0.704. The van der Waals surface area contributed by atoms with Crippen molar-refractivity contribution < 1.29 is 24.1 Å². The first kappa shape index (κ1) is 20.9. The summed E-state index contributed by atoms with van der Waals surface area (Å²) in [6.45, 7) is 8.99. The molecule has 0 aromatic heterocycles. The Kier molecular flexibility index (Phi) is 6.07. The molecule has 2 heterocycles. The van der Waals surface area contributed by atoms with Gasteiger partial charge in [-0.25, -0.2) is 0 Å². The van der Waals surface area contributed by atoms with Gasteiger partial charge in [0.1, 0.15) is 6.61 Å². The van der Waals surface area contributed by atoms with Crippen LogP contribution in [0.25, 0.3) is 0 Å². The van der Waals surface area contributed by atoms with Gasteiger partial charge in [-0.3, -0.25) is 4.90 Å². The summed E-state index contributed by atoms with van der Waals surface area (Å²) >= 11 is 0. The molecule has 3 unspecified atom stereocenters. The maximum Gasteiger partial charge on any atom is 0.161 e. The Bertz CT molecular complexity index is 712. The topological polar surface area (TPSA) is 60.4 Å². The molecule has 6 nitrogen and oxygen atoms in total. The van der Waals surface area contributed by atoms with E-state index in [-0.39, 0.29) is 17.7 Å². The molecule has 0 radical (unpaired) electrons. The van der Waals surface area contributed by atoms with Crippen LogP contribution in [0.4, 0.5) is 0 Å². The van der Waals surface area contributed by atoms with Crippen LogP contribution in [0.15, 0.2) is 12.1 Å². The number of benzene rings is 1. The third-order valence-corrected chi connectivity index (χ3v) is 5.93. The van der Waals surface area contributed by atoms with Gasteiger partial charge in [0.05, 0.1) is 37.6 Å². The molecule has 1 saturated heterocycles. The molecular formula is C23H35NO5. The highest BCUT2D eigenvalue weighted by Gasteiger charge is 2.40. The summed E-state index contributed by atoms with van der Waals surface area (Å²) in [5, 5.41) is 10.7. The van der Waals surface area contributed by atoms with Crippen LogP contribution in [0.2, 0.25) is 0 Å². The van der Waals surface area contributed by atoms with Crippen molar-refractivity contribution in [3.8, 4) is 11.5 Å².